The first-order valence-corrected chi connectivity index (χ1v) is 11.7. The number of carbonyl (C=O) groups excluding carboxylic acids is 2. The summed E-state index contributed by atoms with van der Waals surface area (Å²) >= 11 is 0. The highest BCUT2D eigenvalue weighted by atomic mass is 16.2. The Morgan fingerprint density at radius 2 is 1.33 bits per heavy atom. The topological polar surface area (TPSA) is 58.2 Å². The fraction of sp³-hybridized carbons (Fsp3) is 0.310. The first-order valence-electron chi connectivity index (χ1n) is 11.7. The molecule has 0 bridgehead atoms. The van der Waals surface area contributed by atoms with E-state index in [4.69, 9.17) is 0 Å². The van der Waals surface area contributed by atoms with Crippen molar-refractivity contribution in [1.82, 2.24) is 10.6 Å². The second-order valence-corrected chi connectivity index (χ2v) is 8.92. The van der Waals surface area contributed by atoms with Gasteiger partial charge in [0.15, 0.2) is 0 Å². The summed E-state index contributed by atoms with van der Waals surface area (Å²) in [4.78, 5) is 25.9. The SMILES string of the molecule is Cc1ccccc1C(=O)N[C@H](CC(C)C)C(=O)NCCC(c1ccccc1)c1ccccc1. The van der Waals surface area contributed by atoms with E-state index in [0.717, 1.165) is 12.0 Å². The third-order valence-electron chi connectivity index (χ3n) is 5.85. The number of amides is 2. The Labute approximate surface area is 197 Å². The molecule has 3 rings (SSSR count). The summed E-state index contributed by atoms with van der Waals surface area (Å²) < 4.78 is 0. The van der Waals surface area contributed by atoms with Gasteiger partial charge in [-0.3, -0.25) is 9.59 Å². The van der Waals surface area contributed by atoms with E-state index in [1.54, 1.807) is 6.07 Å². The maximum atomic E-state index is 13.1. The summed E-state index contributed by atoms with van der Waals surface area (Å²) in [7, 11) is 0. The van der Waals surface area contributed by atoms with E-state index in [9.17, 15) is 9.59 Å². The second-order valence-electron chi connectivity index (χ2n) is 8.92. The van der Waals surface area contributed by atoms with Gasteiger partial charge in [-0.2, -0.15) is 0 Å². The van der Waals surface area contributed by atoms with Gasteiger partial charge in [-0.25, -0.2) is 0 Å². The van der Waals surface area contributed by atoms with Crippen molar-refractivity contribution in [2.75, 3.05) is 6.54 Å². The number of aryl methyl sites for hydroxylation is 1. The van der Waals surface area contributed by atoms with Crippen molar-refractivity contribution < 1.29 is 9.59 Å². The second kappa shape index (κ2) is 12.0. The van der Waals surface area contributed by atoms with Gasteiger partial charge in [0.2, 0.25) is 5.91 Å². The Bertz CT molecular complexity index is 992. The molecule has 0 radical (unpaired) electrons. The molecular formula is C29H34N2O2. The van der Waals surface area contributed by atoms with Crippen molar-refractivity contribution in [3.63, 3.8) is 0 Å². The van der Waals surface area contributed by atoms with E-state index in [2.05, 4.69) is 48.7 Å². The van der Waals surface area contributed by atoms with Gasteiger partial charge in [0, 0.05) is 18.0 Å². The van der Waals surface area contributed by atoms with E-state index >= 15 is 0 Å². The highest BCUT2D eigenvalue weighted by molar-refractivity contribution is 5.98. The Balaban J connectivity index is 1.66. The molecule has 0 heterocycles. The highest BCUT2D eigenvalue weighted by Crippen LogP contribution is 2.27. The van der Waals surface area contributed by atoms with Gasteiger partial charge < -0.3 is 10.6 Å². The van der Waals surface area contributed by atoms with Crippen molar-refractivity contribution >= 4 is 11.8 Å². The molecule has 0 saturated carbocycles. The summed E-state index contributed by atoms with van der Waals surface area (Å²) in [5, 5.41) is 6.03. The Morgan fingerprint density at radius 1 is 0.788 bits per heavy atom. The summed E-state index contributed by atoms with van der Waals surface area (Å²) in [6.07, 6.45) is 1.37. The molecule has 172 valence electrons. The lowest BCUT2D eigenvalue weighted by molar-refractivity contribution is -0.123. The minimum absolute atomic E-state index is 0.134. The predicted molar refractivity (Wildman–Crippen MR) is 134 cm³/mol. The molecule has 4 heteroatoms. The van der Waals surface area contributed by atoms with Crippen LogP contribution in [0, 0.1) is 12.8 Å². The Kier molecular flexibility index (Phi) is 8.82. The molecule has 0 saturated heterocycles. The van der Waals surface area contributed by atoms with Gasteiger partial charge in [0.25, 0.3) is 5.91 Å². The van der Waals surface area contributed by atoms with Crippen LogP contribution in [0.15, 0.2) is 84.9 Å². The fourth-order valence-electron chi connectivity index (χ4n) is 4.13. The standard InChI is InChI=1S/C29H34N2O2/c1-21(2)20-27(31-28(32)25-17-11-10-12-22(25)3)29(33)30-19-18-26(23-13-6-4-7-14-23)24-15-8-5-9-16-24/h4-17,21,26-27H,18-20H2,1-3H3,(H,30,33)(H,31,32)/t27-/m1/s1. The predicted octanol–water partition coefficient (Wildman–Crippen LogP) is 5.48. The Morgan fingerprint density at radius 3 is 1.88 bits per heavy atom. The van der Waals surface area contributed by atoms with Crippen LogP contribution < -0.4 is 10.6 Å². The van der Waals surface area contributed by atoms with Crippen LogP contribution in [-0.2, 0) is 4.79 Å². The van der Waals surface area contributed by atoms with Crippen LogP contribution >= 0.6 is 0 Å². The van der Waals surface area contributed by atoms with E-state index < -0.39 is 6.04 Å². The smallest absolute Gasteiger partial charge is 0.252 e. The molecule has 1 atom stereocenters. The van der Waals surface area contributed by atoms with Gasteiger partial charge >= 0.3 is 0 Å². The lowest BCUT2D eigenvalue weighted by atomic mass is 9.88. The van der Waals surface area contributed by atoms with Crippen molar-refractivity contribution in [1.29, 1.82) is 0 Å². The van der Waals surface area contributed by atoms with E-state index in [1.165, 1.54) is 11.1 Å². The molecule has 0 aromatic heterocycles. The molecule has 3 aromatic rings. The molecule has 0 spiro atoms. The van der Waals surface area contributed by atoms with Crippen LogP contribution in [0.3, 0.4) is 0 Å². The first kappa shape index (κ1) is 24.2. The van der Waals surface area contributed by atoms with Crippen LogP contribution in [0.25, 0.3) is 0 Å². The Hall–Kier alpha value is -3.40. The number of nitrogens with one attached hydrogen (secondary N) is 2. The molecule has 0 aliphatic heterocycles. The van der Waals surface area contributed by atoms with Crippen molar-refractivity contribution in [2.24, 2.45) is 5.92 Å². The zero-order valence-corrected chi connectivity index (χ0v) is 19.8. The third-order valence-corrected chi connectivity index (χ3v) is 5.85. The zero-order valence-electron chi connectivity index (χ0n) is 19.8. The van der Waals surface area contributed by atoms with E-state index in [0.29, 0.717) is 18.5 Å². The highest BCUT2D eigenvalue weighted by Gasteiger charge is 2.23. The molecule has 2 N–H and O–H groups in total. The molecule has 33 heavy (non-hydrogen) atoms. The molecular weight excluding hydrogens is 408 g/mol. The molecule has 0 unspecified atom stereocenters. The van der Waals surface area contributed by atoms with Gasteiger partial charge in [0.05, 0.1) is 0 Å². The summed E-state index contributed by atoms with van der Waals surface area (Å²) in [5.74, 6) is 0.128. The number of rotatable bonds is 10. The molecule has 0 fully saturated rings. The zero-order chi connectivity index (χ0) is 23.6. The van der Waals surface area contributed by atoms with E-state index in [-0.39, 0.29) is 23.7 Å². The van der Waals surface area contributed by atoms with Gasteiger partial charge in [-0.1, -0.05) is 92.7 Å². The average Bonchev–Trinajstić information content (AvgIpc) is 2.82. The van der Waals surface area contributed by atoms with E-state index in [1.807, 2.05) is 61.5 Å². The lowest BCUT2D eigenvalue weighted by Crippen LogP contribution is -2.47. The van der Waals surface area contributed by atoms with Crippen LogP contribution in [0.2, 0.25) is 0 Å². The van der Waals surface area contributed by atoms with Crippen molar-refractivity contribution in [3.8, 4) is 0 Å². The number of carbonyl (C=O) groups is 2. The lowest BCUT2D eigenvalue weighted by Gasteiger charge is -2.22. The summed E-state index contributed by atoms with van der Waals surface area (Å²) in [6.45, 7) is 6.55. The van der Waals surface area contributed by atoms with Crippen LogP contribution in [0.1, 0.15) is 59.7 Å². The molecule has 3 aromatic carbocycles. The van der Waals surface area contributed by atoms with Crippen LogP contribution in [-0.4, -0.2) is 24.4 Å². The largest absolute Gasteiger partial charge is 0.354 e. The molecule has 4 nitrogen and oxygen atoms in total. The summed E-state index contributed by atoms with van der Waals surface area (Å²) in [6, 6.07) is 27.6. The minimum Gasteiger partial charge on any atom is -0.354 e. The van der Waals surface area contributed by atoms with Crippen molar-refractivity contribution in [3.05, 3.63) is 107 Å². The maximum Gasteiger partial charge on any atom is 0.252 e. The first-order chi connectivity index (χ1) is 16.0. The monoisotopic (exact) mass is 442 g/mol. The van der Waals surface area contributed by atoms with Gasteiger partial charge in [0.1, 0.15) is 6.04 Å². The third kappa shape index (κ3) is 7.04. The van der Waals surface area contributed by atoms with Gasteiger partial charge in [-0.05, 0) is 48.4 Å². The number of hydrogen-bond acceptors (Lipinski definition) is 2. The summed E-state index contributed by atoms with van der Waals surface area (Å²) in [5.41, 5.74) is 3.95. The van der Waals surface area contributed by atoms with Crippen LogP contribution in [0.5, 0.6) is 0 Å². The molecule has 2 amide bonds. The number of benzene rings is 3. The molecule has 0 aliphatic rings. The average molecular weight is 443 g/mol. The van der Waals surface area contributed by atoms with Crippen LogP contribution in [0.4, 0.5) is 0 Å². The quantitative estimate of drug-likeness (QED) is 0.437. The molecule has 0 aliphatic carbocycles. The maximum absolute atomic E-state index is 13.1. The minimum atomic E-state index is -0.566. The number of hydrogen-bond donors (Lipinski definition) is 2. The van der Waals surface area contributed by atoms with Crippen molar-refractivity contribution in [2.45, 2.75) is 45.6 Å². The fourth-order valence-corrected chi connectivity index (χ4v) is 4.13. The normalized spacial score (nSPS) is 11.9. The van der Waals surface area contributed by atoms with Gasteiger partial charge in [-0.15, -0.1) is 0 Å².